The van der Waals surface area contributed by atoms with Gasteiger partial charge in [0.2, 0.25) is 5.91 Å². The van der Waals surface area contributed by atoms with Crippen molar-refractivity contribution in [2.24, 2.45) is 10.9 Å². The lowest BCUT2D eigenvalue weighted by Crippen LogP contribution is -2.46. The summed E-state index contributed by atoms with van der Waals surface area (Å²) >= 11 is 0. The van der Waals surface area contributed by atoms with Crippen molar-refractivity contribution in [2.45, 2.75) is 52.6 Å². The van der Waals surface area contributed by atoms with E-state index in [0.29, 0.717) is 13.0 Å². The molecule has 27 heavy (non-hydrogen) atoms. The van der Waals surface area contributed by atoms with E-state index in [0.717, 1.165) is 51.0 Å². The number of hydrogen-bond acceptors (Lipinski definition) is 2. The van der Waals surface area contributed by atoms with E-state index in [9.17, 15) is 4.79 Å². The Balaban J connectivity index is 0.00000261. The zero-order chi connectivity index (χ0) is 18.4. The van der Waals surface area contributed by atoms with Crippen molar-refractivity contribution in [3.8, 4) is 0 Å². The first-order chi connectivity index (χ1) is 12.7. The van der Waals surface area contributed by atoms with Crippen LogP contribution in [0.3, 0.4) is 0 Å². The summed E-state index contributed by atoms with van der Waals surface area (Å²) in [6.45, 7) is 9.84. The molecule has 1 aromatic carbocycles. The van der Waals surface area contributed by atoms with Gasteiger partial charge >= 0.3 is 0 Å². The van der Waals surface area contributed by atoms with Crippen molar-refractivity contribution < 1.29 is 4.79 Å². The fraction of sp³-hybridized carbons (Fsp3) is 0.619. The largest absolute Gasteiger partial charge is 0.357 e. The molecule has 3 rings (SSSR count). The number of halogens is 1. The summed E-state index contributed by atoms with van der Waals surface area (Å²) in [7, 11) is 0. The molecule has 0 aliphatic carbocycles. The third-order valence-corrected chi connectivity index (χ3v) is 5.27. The molecule has 0 bridgehead atoms. The van der Waals surface area contributed by atoms with Crippen LogP contribution in [0.15, 0.2) is 29.3 Å². The van der Waals surface area contributed by atoms with Crippen molar-refractivity contribution in [1.82, 2.24) is 15.1 Å². The minimum absolute atomic E-state index is 0. The molecule has 2 aliphatic rings. The van der Waals surface area contributed by atoms with E-state index >= 15 is 0 Å². The number of likely N-dealkylation sites (tertiary alicyclic amines) is 2. The number of rotatable bonds is 5. The number of guanidine groups is 1. The number of hydrogen-bond donors (Lipinski definition) is 1. The van der Waals surface area contributed by atoms with E-state index in [4.69, 9.17) is 4.99 Å². The molecule has 1 amide bonds. The normalized spacial score (nSPS) is 20.6. The predicted molar refractivity (Wildman–Crippen MR) is 121 cm³/mol. The third-order valence-electron chi connectivity index (χ3n) is 5.27. The summed E-state index contributed by atoms with van der Waals surface area (Å²) in [5.41, 5.74) is 2.41. The molecule has 1 N–H and O–H groups in total. The van der Waals surface area contributed by atoms with Crippen LogP contribution in [-0.2, 0) is 17.9 Å². The molecule has 2 heterocycles. The van der Waals surface area contributed by atoms with Crippen LogP contribution in [0.25, 0.3) is 0 Å². The molecule has 150 valence electrons. The van der Waals surface area contributed by atoms with Gasteiger partial charge in [-0.1, -0.05) is 31.2 Å². The molecule has 1 unspecified atom stereocenters. The zero-order valence-electron chi connectivity index (χ0n) is 16.6. The van der Waals surface area contributed by atoms with Gasteiger partial charge < -0.3 is 15.1 Å². The summed E-state index contributed by atoms with van der Waals surface area (Å²) < 4.78 is 0. The minimum atomic E-state index is 0. The molecule has 2 fully saturated rings. The maximum absolute atomic E-state index is 11.8. The molecule has 1 atom stereocenters. The summed E-state index contributed by atoms with van der Waals surface area (Å²) in [5.74, 6) is 2.05. The van der Waals surface area contributed by atoms with Gasteiger partial charge in [-0.15, -0.1) is 24.0 Å². The quantitative estimate of drug-likeness (QED) is 0.395. The average molecular weight is 484 g/mol. The molecule has 0 aromatic heterocycles. The number of carbonyl (C=O) groups is 1. The van der Waals surface area contributed by atoms with Crippen LogP contribution in [0.1, 0.15) is 50.7 Å². The van der Waals surface area contributed by atoms with Crippen LogP contribution in [0.4, 0.5) is 0 Å². The first-order valence-corrected chi connectivity index (χ1v) is 10.0. The Kier molecular flexibility index (Phi) is 8.86. The van der Waals surface area contributed by atoms with Gasteiger partial charge in [0.1, 0.15) is 0 Å². The molecule has 0 saturated carbocycles. The number of amides is 1. The second kappa shape index (κ2) is 10.9. The van der Waals surface area contributed by atoms with Gasteiger partial charge in [-0.3, -0.25) is 4.79 Å². The first-order valence-electron chi connectivity index (χ1n) is 10.0. The topological polar surface area (TPSA) is 47.9 Å². The van der Waals surface area contributed by atoms with E-state index in [1.54, 1.807) is 0 Å². The van der Waals surface area contributed by atoms with Gasteiger partial charge in [-0.2, -0.15) is 0 Å². The Hall–Kier alpha value is -1.31. The standard InChI is InChI=1S/C21H32N4O.HI/c1-3-22-21(25-13-4-6-17(2)15-25)23-14-18-8-10-19(11-9-18)16-24-12-5-7-20(24)26;/h8-11,17H,3-7,12-16H2,1-2H3,(H,22,23);1H. The number of carbonyl (C=O) groups excluding carboxylic acids is 1. The van der Waals surface area contributed by atoms with Gasteiger partial charge in [0.05, 0.1) is 6.54 Å². The van der Waals surface area contributed by atoms with E-state index in [2.05, 4.69) is 48.3 Å². The SMILES string of the molecule is CCNC(=NCc1ccc(CN2CCCC2=O)cc1)N1CCCC(C)C1.I. The number of nitrogens with one attached hydrogen (secondary N) is 1. The van der Waals surface area contributed by atoms with Crippen molar-refractivity contribution in [3.05, 3.63) is 35.4 Å². The van der Waals surface area contributed by atoms with Crippen LogP contribution >= 0.6 is 24.0 Å². The average Bonchev–Trinajstić information content (AvgIpc) is 3.04. The second-order valence-electron chi connectivity index (χ2n) is 7.60. The number of benzene rings is 1. The number of aliphatic imine (C=N–C) groups is 1. The van der Waals surface area contributed by atoms with E-state index in [1.807, 2.05) is 4.90 Å². The smallest absolute Gasteiger partial charge is 0.222 e. The lowest BCUT2D eigenvalue weighted by Gasteiger charge is -2.33. The second-order valence-corrected chi connectivity index (χ2v) is 7.60. The van der Waals surface area contributed by atoms with Gasteiger partial charge in [-0.25, -0.2) is 4.99 Å². The minimum Gasteiger partial charge on any atom is -0.357 e. The molecule has 6 heteroatoms. The van der Waals surface area contributed by atoms with Gasteiger partial charge in [0, 0.05) is 39.1 Å². The Morgan fingerprint density at radius 2 is 1.93 bits per heavy atom. The molecule has 5 nitrogen and oxygen atoms in total. The van der Waals surface area contributed by atoms with Crippen LogP contribution < -0.4 is 5.32 Å². The highest BCUT2D eigenvalue weighted by Gasteiger charge is 2.20. The van der Waals surface area contributed by atoms with E-state index < -0.39 is 0 Å². The van der Waals surface area contributed by atoms with Crippen molar-refractivity contribution in [2.75, 3.05) is 26.2 Å². The fourth-order valence-electron chi connectivity index (χ4n) is 3.82. The molecule has 1 aromatic rings. The van der Waals surface area contributed by atoms with Gasteiger partial charge in [-0.05, 0) is 43.2 Å². The molecule has 0 spiro atoms. The molecule has 2 saturated heterocycles. The summed E-state index contributed by atoms with van der Waals surface area (Å²) in [6, 6.07) is 8.54. The van der Waals surface area contributed by atoms with Crippen molar-refractivity contribution in [1.29, 1.82) is 0 Å². The van der Waals surface area contributed by atoms with E-state index in [1.165, 1.54) is 24.0 Å². The summed E-state index contributed by atoms with van der Waals surface area (Å²) in [4.78, 5) is 21.0. The third kappa shape index (κ3) is 6.36. The summed E-state index contributed by atoms with van der Waals surface area (Å²) in [5, 5.41) is 3.44. The molecular weight excluding hydrogens is 451 g/mol. The molecule has 0 radical (unpaired) electrons. The molecular formula is C21H33IN4O. The van der Waals surface area contributed by atoms with Crippen LogP contribution in [0.2, 0.25) is 0 Å². The Labute approximate surface area is 180 Å². The molecule has 2 aliphatic heterocycles. The highest BCUT2D eigenvalue weighted by Crippen LogP contribution is 2.17. The monoisotopic (exact) mass is 484 g/mol. The lowest BCUT2D eigenvalue weighted by molar-refractivity contribution is -0.128. The number of piperidine rings is 1. The first kappa shape index (κ1) is 22.0. The maximum atomic E-state index is 11.8. The maximum Gasteiger partial charge on any atom is 0.222 e. The highest BCUT2D eigenvalue weighted by atomic mass is 127. The predicted octanol–water partition coefficient (Wildman–Crippen LogP) is 3.62. The number of nitrogens with zero attached hydrogens (tertiary/aromatic N) is 3. The van der Waals surface area contributed by atoms with Crippen LogP contribution in [0, 0.1) is 5.92 Å². The van der Waals surface area contributed by atoms with Crippen molar-refractivity contribution in [3.63, 3.8) is 0 Å². The van der Waals surface area contributed by atoms with E-state index in [-0.39, 0.29) is 29.9 Å². The highest BCUT2D eigenvalue weighted by molar-refractivity contribution is 14.0. The Morgan fingerprint density at radius 1 is 1.19 bits per heavy atom. The van der Waals surface area contributed by atoms with Crippen molar-refractivity contribution >= 4 is 35.8 Å². The van der Waals surface area contributed by atoms with Gasteiger partial charge in [0.15, 0.2) is 5.96 Å². The van der Waals surface area contributed by atoms with Crippen LogP contribution in [-0.4, -0.2) is 47.8 Å². The zero-order valence-corrected chi connectivity index (χ0v) is 18.9. The summed E-state index contributed by atoms with van der Waals surface area (Å²) in [6.07, 6.45) is 4.26. The fourth-order valence-corrected chi connectivity index (χ4v) is 3.82. The Morgan fingerprint density at radius 3 is 2.56 bits per heavy atom. The van der Waals surface area contributed by atoms with Crippen LogP contribution in [0.5, 0.6) is 0 Å². The lowest BCUT2D eigenvalue weighted by atomic mass is 10.0. The van der Waals surface area contributed by atoms with Gasteiger partial charge in [0.25, 0.3) is 0 Å². The Bertz CT molecular complexity index is 632.